The third-order valence-corrected chi connectivity index (χ3v) is 26.8. The number of aliphatic hydroxyl groups excluding tert-OH is 1. The molecule has 0 aromatic heterocycles. The molecule has 3 N–H and O–H groups in total. The molecule has 0 spiro atoms. The molecule has 0 aromatic carbocycles. The van der Waals surface area contributed by atoms with E-state index in [-0.39, 0.29) is 81.1 Å². The molecule has 12 aliphatic carbocycles. The summed E-state index contributed by atoms with van der Waals surface area (Å²) >= 11 is 0. The van der Waals surface area contributed by atoms with Gasteiger partial charge in [0.05, 0.1) is 0 Å². The van der Waals surface area contributed by atoms with Crippen molar-refractivity contribution < 1.29 is 81.3 Å². The van der Waals surface area contributed by atoms with Crippen LogP contribution in [0.1, 0.15) is 167 Å². The third kappa shape index (κ3) is 17.9. The molecule has 86 heavy (non-hydrogen) atoms. The molecule has 23 unspecified atom stereocenters. The molecule has 12 rings (SSSR count). The maximum Gasteiger partial charge on any atom is 0.426 e. The van der Waals surface area contributed by atoms with E-state index in [2.05, 4.69) is 58.9 Å². The highest BCUT2D eigenvalue weighted by Crippen LogP contribution is 2.72. The minimum atomic E-state index is -5.68. The van der Waals surface area contributed by atoms with Crippen molar-refractivity contribution in [1.82, 2.24) is 0 Å². The Morgan fingerprint density at radius 1 is 0.372 bits per heavy atom. The van der Waals surface area contributed by atoms with Crippen molar-refractivity contribution in [3.8, 4) is 0 Å². The Kier molecular flexibility index (Phi) is 29.1. The van der Waals surface area contributed by atoms with E-state index in [0.717, 1.165) is 87.4 Å². The van der Waals surface area contributed by atoms with Crippen molar-refractivity contribution in [3.05, 3.63) is 0 Å². The minimum Gasteiger partial charge on any atom is -0.421 e. The van der Waals surface area contributed by atoms with Crippen molar-refractivity contribution >= 4 is 25.0 Å². The molecule has 12 saturated carbocycles. The summed E-state index contributed by atoms with van der Waals surface area (Å²) in [6, 6.07) is 0. The van der Waals surface area contributed by atoms with Gasteiger partial charge in [0.15, 0.2) is 30.6 Å². The van der Waals surface area contributed by atoms with Gasteiger partial charge in [-0.25, -0.2) is 0 Å². The highest BCUT2D eigenvalue weighted by molar-refractivity contribution is 6.70. The van der Waals surface area contributed by atoms with Crippen LogP contribution in [0.5, 0.6) is 0 Å². The van der Waals surface area contributed by atoms with Crippen molar-refractivity contribution in [2.45, 2.75) is 268 Å². The largest absolute Gasteiger partial charge is 0.426 e. The van der Waals surface area contributed by atoms with E-state index >= 15 is 0 Å². The van der Waals surface area contributed by atoms with Crippen LogP contribution in [0.25, 0.3) is 0 Å². The predicted molar refractivity (Wildman–Crippen MR) is 334 cm³/mol. The quantitative estimate of drug-likeness (QED) is 0.121. The first kappa shape index (κ1) is 83.6. The van der Waals surface area contributed by atoms with Crippen LogP contribution in [-0.4, -0.2) is 104 Å². The van der Waals surface area contributed by atoms with Crippen molar-refractivity contribution in [2.75, 3.05) is 21.3 Å². The van der Waals surface area contributed by atoms with Gasteiger partial charge in [-0.05, 0) is 306 Å². The molecule has 0 heterocycles. The molecule has 0 aromatic rings. The summed E-state index contributed by atoms with van der Waals surface area (Å²) in [5.74, 6) is 10.5. The van der Waals surface area contributed by atoms with E-state index in [1.807, 2.05) is 0 Å². The highest BCUT2D eigenvalue weighted by atomic mass is 28.4. The monoisotopic (exact) mass is 1310 g/mol. The molecular formula is C65H124F12O6Si3. The molecule has 21 heteroatoms. The topological polar surface area (TPSA) is 88.4 Å². The Morgan fingerprint density at radius 3 is 0.860 bits per heavy atom. The fraction of sp³-hybridized carbons (Fsp3) is 1.00. The van der Waals surface area contributed by atoms with E-state index in [9.17, 15) is 68.0 Å². The Balaban J connectivity index is 0.000000549. The van der Waals surface area contributed by atoms with Gasteiger partial charge in [-0.2, -0.15) is 52.7 Å². The lowest BCUT2D eigenvalue weighted by Crippen LogP contribution is -2.58. The van der Waals surface area contributed by atoms with Crippen LogP contribution in [0, 0.1) is 124 Å². The van der Waals surface area contributed by atoms with E-state index in [4.69, 9.17) is 13.3 Å². The summed E-state index contributed by atoms with van der Waals surface area (Å²) in [5, 5.41) is 28.6. The Hall–Kier alpha value is -0.429. The van der Waals surface area contributed by atoms with Gasteiger partial charge in [0.25, 0.3) is 5.60 Å². The van der Waals surface area contributed by atoms with Gasteiger partial charge in [-0.1, -0.05) is 44.6 Å². The normalized spacial score (nSPS) is 38.6. The first-order valence-corrected chi connectivity index (χ1v) is 40.7. The van der Waals surface area contributed by atoms with Gasteiger partial charge in [-0.3, -0.25) is 0 Å². The molecule has 12 bridgehead atoms. The minimum absolute atomic E-state index is 0. The van der Waals surface area contributed by atoms with Gasteiger partial charge in [0.1, 0.15) is 6.10 Å². The van der Waals surface area contributed by atoms with Crippen LogP contribution < -0.4 is 0 Å². The molecule has 23 atom stereocenters. The fourth-order valence-electron chi connectivity index (χ4n) is 19.7. The third-order valence-electron chi connectivity index (χ3n) is 23.1. The fourth-order valence-corrected chi connectivity index (χ4v) is 19.7. The van der Waals surface area contributed by atoms with E-state index < -0.39 is 79.3 Å². The number of hydrogen-bond donors (Lipinski definition) is 3. The predicted octanol–water partition coefficient (Wildman–Crippen LogP) is 20.4. The number of fused-ring (bicyclic) bond motifs is 27. The first-order chi connectivity index (χ1) is 36.4. The van der Waals surface area contributed by atoms with Crippen LogP contribution in [0.4, 0.5) is 52.7 Å². The van der Waals surface area contributed by atoms with Gasteiger partial charge in [0.2, 0.25) is 0 Å². The molecule has 6 nitrogen and oxygen atoms in total. The molecule has 0 amide bonds. The zero-order valence-corrected chi connectivity index (χ0v) is 53.0. The average Bonchev–Trinajstić information content (AvgIpc) is 1.58. The lowest BCUT2D eigenvalue weighted by atomic mass is 9.65. The maximum atomic E-state index is 12.9. The molecule has 12 fully saturated rings. The van der Waals surface area contributed by atoms with E-state index in [1.54, 1.807) is 21.3 Å². The zero-order valence-electron chi connectivity index (χ0n) is 50.0. The SMILES string of the molecule is C.C.C.C.C.C.CC(O)(CC1CC2CC1C1C3CCC(C3)C21)C(F)(F)F.CO[Si](C)(C)C.CO[Si](C)(C)C.CO[Si](C)(C)C.OC(CC1CC2CC1C1C3CCC(C3)C21)(C(F)(F)F)C(F)(F)F.OC(CC1CC2CC1C1C3CCC(C3)C21)C(F)(F)F. The van der Waals surface area contributed by atoms with Crippen LogP contribution in [0.3, 0.4) is 0 Å². The summed E-state index contributed by atoms with van der Waals surface area (Å²) < 4.78 is 169. The summed E-state index contributed by atoms with van der Waals surface area (Å²) in [6.45, 7) is 20.4. The smallest absolute Gasteiger partial charge is 0.421 e. The maximum absolute atomic E-state index is 12.9. The van der Waals surface area contributed by atoms with Gasteiger partial charge < -0.3 is 28.6 Å². The summed E-state index contributed by atoms with van der Waals surface area (Å²) in [5.41, 5.74) is -7.07. The summed E-state index contributed by atoms with van der Waals surface area (Å²) in [4.78, 5) is 0. The molecule has 0 aliphatic heterocycles. The number of rotatable bonds is 9. The molecular weight excluding hydrogens is 1190 g/mol. The van der Waals surface area contributed by atoms with Crippen LogP contribution in [0.15, 0.2) is 0 Å². The second-order valence-electron chi connectivity index (χ2n) is 30.7. The Morgan fingerprint density at radius 2 is 0.616 bits per heavy atom. The molecule has 0 saturated heterocycles. The number of alkyl halides is 12. The second kappa shape index (κ2) is 29.9. The number of aliphatic hydroxyl groups is 3. The average molecular weight is 1310 g/mol. The van der Waals surface area contributed by atoms with Crippen molar-refractivity contribution in [3.63, 3.8) is 0 Å². The van der Waals surface area contributed by atoms with Gasteiger partial charge in [0, 0.05) is 21.3 Å². The summed E-state index contributed by atoms with van der Waals surface area (Å²) in [7, 11) is 1.92. The van der Waals surface area contributed by atoms with E-state index in [1.165, 1.54) is 44.9 Å². The molecule has 0 radical (unpaired) electrons. The van der Waals surface area contributed by atoms with Crippen LogP contribution in [-0.2, 0) is 13.3 Å². The van der Waals surface area contributed by atoms with Crippen molar-refractivity contribution in [2.24, 2.45) is 124 Å². The van der Waals surface area contributed by atoms with Gasteiger partial charge in [-0.15, -0.1) is 0 Å². The summed E-state index contributed by atoms with van der Waals surface area (Å²) in [6.07, 6.45) is -7.02. The zero-order chi connectivity index (χ0) is 60.1. The lowest BCUT2D eigenvalue weighted by Gasteiger charge is -2.42. The standard InChI is InChI=1S/C16H20F6O.C16H23F3O.C15H21F3O.3C4H12OSi.6CH4/c17-15(18,19)14(23,16(20,21)22)6-10-4-9-5-11(10)13-8-2-1-7(3-8)12(9)13;1-15(20,16(17,18)19)7-11-5-10-6-12(11)14-9-3-2-8(4-9)13(10)14;16-15(17,18)12(19)6-9-4-10-5-11(9)14-8-2-1-7(3-8)13(10)14;3*1-5-6(2,3)4;;;;;;/h7-13,23H,1-6H2;8-14,20H,2-7H2,1H3;7-14,19H,1-6H2;3*1-4H3;6*1H4. The molecule has 12 aliphatic rings. The number of hydrogen-bond acceptors (Lipinski definition) is 6. The second-order valence-corrected chi connectivity index (χ2v) is 44.6. The Bertz CT molecular complexity index is 1990. The lowest BCUT2D eigenvalue weighted by molar-refractivity contribution is -0.373. The van der Waals surface area contributed by atoms with E-state index in [0.29, 0.717) is 65.6 Å². The van der Waals surface area contributed by atoms with Crippen LogP contribution >= 0.6 is 0 Å². The first-order valence-electron chi connectivity index (χ1n) is 30.5. The van der Waals surface area contributed by atoms with Gasteiger partial charge >= 0.3 is 24.7 Å². The molecule has 516 valence electrons. The van der Waals surface area contributed by atoms with Crippen molar-refractivity contribution in [1.29, 1.82) is 0 Å². The number of halogens is 12. The highest BCUT2D eigenvalue weighted by Gasteiger charge is 2.73. The Labute approximate surface area is 517 Å². The van der Waals surface area contributed by atoms with Crippen LogP contribution in [0.2, 0.25) is 58.9 Å².